The van der Waals surface area contributed by atoms with Crippen molar-refractivity contribution in [1.82, 2.24) is 0 Å². The fourth-order valence-electron chi connectivity index (χ4n) is 8.26. The Morgan fingerprint density at radius 2 is 1.65 bits per heavy atom. The van der Waals surface area contributed by atoms with Crippen LogP contribution in [-0.4, -0.2) is 10.9 Å². The van der Waals surface area contributed by atoms with Crippen molar-refractivity contribution >= 4 is 5.78 Å². The fraction of sp³-hybridized carbons (Fsp3) is 0.708. The van der Waals surface area contributed by atoms with Crippen LogP contribution in [0.4, 0.5) is 0 Å². The SMILES string of the molecule is C[C@]12Cc3cc(C45CC6CC(CC(C6)C4)C5)c(O)cc3C[C@@H]1CCC2=O. The maximum Gasteiger partial charge on any atom is 0.139 e. The van der Waals surface area contributed by atoms with Crippen LogP contribution in [-0.2, 0) is 23.1 Å². The lowest BCUT2D eigenvalue weighted by Gasteiger charge is -2.57. The Balaban J connectivity index is 1.43. The predicted molar refractivity (Wildman–Crippen MR) is 101 cm³/mol. The molecule has 2 heteroatoms. The van der Waals surface area contributed by atoms with Crippen LogP contribution in [0.2, 0.25) is 0 Å². The van der Waals surface area contributed by atoms with Gasteiger partial charge < -0.3 is 5.11 Å². The minimum Gasteiger partial charge on any atom is -0.508 e. The summed E-state index contributed by atoms with van der Waals surface area (Å²) < 4.78 is 0. The highest BCUT2D eigenvalue weighted by molar-refractivity contribution is 5.87. The Bertz CT molecular complexity index is 771. The van der Waals surface area contributed by atoms with Crippen LogP contribution in [0.25, 0.3) is 0 Å². The molecule has 0 aliphatic heterocycles. The van der Waals surface area contributed by atoms with Gasteiger partial charge in [0.05, 0.1) is 0 Å². The summed E-state index contributed by atoms with van der Waals surface area (Å²) in [4.78, 5) is 12.6. The first-order chi connectivity index (χ1) is 12.5. The summed E-state index contributed by atoms with van der Waals surface area (Å²) in [5, 5.41) is 11.0. The number of phenols is 1. The lowest BCUT2D eigenvalue weighted by atomic mass is 9.47. The highest BCUT2D eigenvalue weighted by Crippen LogP contribution is 2.62. The van der Waals surface area contributed by atoms with Gasteiger partial charge in [-0.15, -0.1) is 0 Å². The number of ketones is 1. The second-order valence-electron chi connectivity index (χ2n) is 10.8. The molecule has 6 aliphatic carbocycles. The van der Waals surface area contributed by atoms with Crippen molar-refractivity contribution in [2.45, 2.75) is 76.5 Å². The normalized spacial score (nSPS) is 45.7. The molecule has 0 radical (unpaired) electrons. The first-order valence-corrected chi connectivity index (χ1v) is 10.8. The maximum absolute atomic E-state index is 12.6. The smallest absolute Gasteiger partial charge is 0.139 e. The zero-order valence-electron chi connectivity index (χ0n) is 15.9. The van der Waals surface area contributed by atoms with E-state index in [1.807, 2.05) is 0 Å². The third kappa shape index (κ3) is 1.97. The number of hydrogen-bond donors (Lipinski definition) is 1. The van der Waals surface area contributed by atoms with E-state index >= 15 is 0 Å². The third-order valence-electron chi connectivity index (χ3n) is 9.21. The lowest BCUT2D eigenvalue weighted by molar-refractivity contribution is -0.126. The van der Waals surface area contributed by atoms with Gasteiger partial charge in [0, 0.05) is 17.4 Å². The Morgan fingerprint density at radius 1 is 1.00 bits per heavy atom. The van der Waals surface area contributed by atoms with Gasteiger partial charge in [0.15, 0.2) is 0 Å². The van der Waals surface area contributed by atoms with Crippen LogP contribution in [0.15, 0.2) is 12.1 Å². The van der Waals surface area contributed by atoms with Crippen molar-refractivity contribution in [3.05, 3.63) is 28.8 Å². The van der Waals surface area contributed by atoms with Crippen molar-refractivity contribution in [2.24, 2.45) is 29.1 Å². The zero-order valence-corrected chi connectivity index (χ0v) is 15.9. The topological polar surface area (TPSA) is 37.3 Å². The van der Waals surface area contributed by atoms with E-state index in [-0.39, 0.29) is 10.8 Å². The largest absolute Gasteiger partial charge is 0.508 e. The van der Waals surface area contributed by atoms with Crippen LogP contribution in [0.3, 0.4) is 0 Å². The molecule has 1 N–H and O–H groups in total. The van der Waals surface area contributed by atoms with Gasteiger partial charge in [-0.25, -0.2) is 0 Å². The molecule has 5 fully saturated rings. The van der Waals surface area contributed by atoms with E-state index in [1.54, 1.807) is 0 Å². The average Bonchev–Trinajstić information content (AvgIpc) is 2.86. The molecule has 138 valence electrons. The average molecular weight is 351 g/mol. The third-order valence-corrected chi connectivity index (χ3v) is 9.21. The van der Waals surface area contributed by atoms with Gasteiger partial charge in [0.1, 0.15) is 11.5 Å². The molecule has 2 atom stereocenters. The van der Waals surface area contributed by atoms with E-state index in [1.165, 1.54) is 55.2 Å². The molecule has 2 nitrogen and oxygen atoms in total. The molecule has 1 aromatic carbocycles. The molecule has 0 saturated heterocycles. The Labute approximate surface area is 156 Å². The summed E-state index contributed by atoms with van der Waals surface area (Å²) in [5.41, 5.74) is 3.99. The minimum atomic E-state index is -0.150. The Morgan fingerprint density at radius 3 is 2.31 bits per heavy atom. The standard InChI is InChI=1S/C24H30O2/c1-23-13-18-8-20(21(25)9-17(18)7-19(23)2-3-22(23)26)24-10-14-4-15(11-24)6-16(5-14)12-24/h8-9,14-16,19,25H,2-7,10-13H2,1H3/t14?,15?,16?,19-,23-,24?/m0/s1. The van der Waals surface area contributed by atoms with E-state index in [9.17, 15) is 9.90 Å². The minimum absolute atomic E-state index is 0.150. The number of Topliss-reactive ketones (excluding diaryl/α,β-unsaturated/α-hetero) is 1. The molecule has 0 unspecified atom stereocenters. The number of carbonyl (C=O) groups excluding carboxylic acids is 1. The molecule has 7 rings (SSSR count). The summed E-state index contributed by atoms with van der Waals surface area (Å²) in [5.74, 6) is 4.16. The molecular weight excluding hydrogens is 320 g/mol. The molecule has 0 spiro atoms. The van der Waals surface area contributed by atoms with Crippen molar-refractivity contribution in [2.75, 3.05) is 0 Å². The quantitative estimate of drug-likeness (QED) is 0.778. The van der Waals surface area contributed by atoms with Crippen LogP contribution in [0.5, 0.6) is 5.75 Å². The van der Waals surface area contributed by atoms with Gasteiger partial charge in [-0.3, -0.25) is 4.79 Å². The van der Waals surface area contributed by atoms with Crippen LogP contribution in [0.1, 0.15) is 75.0 Å². The lowest BCUT2D eigenvalue weighted by Crippen LogP contribution is -2.48. The van der Waals surface area contributed by atoms with Crippen LogP contribution >= 0.6 is 0 Å². The number of carbonyl (C=O) groups is 1. The predicted octanol–water partition coefficient (Wildman–Crippen LogP) is 4.94. The molecule has 0 heterocycles. The van der Waals surface area contributed by atoms with Gasteiger partial charge in [-0.05, 0) is 104 Å². The van der Waals surface area contributed by atoms with Gasteiger partial charge in [-0.2, -0.15) is 0 Å². The fourth-order valence-corrected chi connectivity index (χ4v) is 8.26. The summed E-state index contributed by atoms with van der Waals surface area (Å²) in [6.45, 7) is 2.20. The van der Waals surface area contributed by atoms with E-state index in [0.29, 0.717) is 17.5 Å². The number of fused-ring (bicyclic) bond motifs is 2. The Kier molecular flexibility index (Phi) is 2.99. The maximum atomic E-state index is 12.6. The molecule has 4 bridgehead atoms. The van der Waals surface area contributed by atoms with Crippen molar-refractivity contribution in [1.29, 1.82) is 0 Å². The number of benzene rings is 1. The number of phenolic OH excluding ortho intramolecular Hbond substituents is 1. The number of rotatable bonds is 1. The zero-order chi connectivity index (χ0) is 17.7. The second-order valence-corrected chi connectivity index (χ2v) is 10.8. The van der Waals surface area contributed by atoms with E-state index in [4.69, 9.17) is 0 Å². The molecule has 26 heavy (non-hydrogen) atoms. The first kappa shape index (κ1) is 15.7. The van der Waals surface area contributed by atoms with E-state index in [2.05, 4.69) is 19.1 Å². The van der Waals surface area contributed by atoms with Gasteiger partial charge in [-0.1, -0.05) is 13.0 Å². The number of aromatic hydroxyl groups is 1. The monoisotopic (exact) mass is 350 g/mol. The summed E-state index contributed by atoms with van der Waals surface area (Å²) in [6, 6.07) is 4.44. The van der Waals surface area contributed by atoms with Crippen molar-refractivity contribution in [3.8, 4) is 5.75 Å². The van der Waals surface area contributed by atoms with Crippen molar-refractivity contribution in [3.63, 3.8) is 0 Å². The molecule has 0 aromatic heterocycles. The highest BCUT2D eigenvalue weighted by Gasteiger charge is 2.53. The van der Waals surface area contributed by atoms with Crippen LogP contribution < -0.4 is 0 Å². The van der Waals surface area contributed by atoms with Crippen molar-refractivity contribution < 1.29 is 9.90 Å². The molecule has 6 aliphatic rings. The Hall–Kier alpha value is -1.31. The highest BCUT2D eigenvalue weighted by atomic mass is 16.3. The molecule has 0 amide bonds. The summed E-state index contributed by atoms with van der Waals surface area (Å²) in [6.07, 6.45) is 11.8. The second kappa shape index (κ2) is 4.94. The van der Waals surface area contributed by atoms with Gasteiger partial charge in [0.25, 0.3) is 0 Å². The van der Waals surface area contributed by atoms with Crippen LogP contribution in [0, 0.1) is 29.1 Å². The molecule has 1 aromatic rings. The summed E-state index contributed by atoms with van der Waals surface area (Å²) >= 11 is 0. The number of hydrogen-bond acceptors (Lipinski definition) is 2. The molecular formula is C24H30O2. The summed E-state index contributed by atoms with van der Waals surface area (Å²) in [7, 11) is 0. The van der Waals surface area contributed by atoms with E-state index in [0.717, 1.165) is 43.4 Å². The van der Waals surface area contributed by atoms with E-state index < -0.39 is 0 Å². The molecule has 5 saturated carbocycles. The van der Waals surface area contributed by atoms with Gasteiger partial charge in [0.2, 0.25) is 0 Å². The first-order valence-electron chi connectivity index (χ1n) is 10.8. The van der Waals surface area contributed by atoms with Gasteiger partial charge >= 0.3 is 0 Å².